The number of aliphatic hydroxyl groups is 1. The minimum atomic E-state index is -1.76. The first-order valence-electron chi connectivity index (χ1n) is 9.46. The maximum Gasteiger partial charge on any atom is 0.192 e. The lowest BCUT2D eigenvalue weighted by molar-refractivity contribution is -0.0507. The van der Waals surface area contributed by atoms with Crippen LogP contribution in [-0.4, -0.2) is 26.1 Å². The molecule has 2 aliphatic carbocycles. The number of fused-ring (bicyclic) bond motifs is 1. The van der Waals surface area contributed by atoms with E-state index in [0.717, 1.165) is 0 Å². The highest BCUT2D eigenvalue weighted by Gasteiger charge is 2.49. The molecule has 23 heavy (non-hydrogen) atoms. The smallest absolute Gasteiger partial charge is 0.192 e. The molecule has 0 radical (unpaired) electrons. The van der Waals surface area contributed by atoms with E-state index in [-0.39, 0.29) is 5.04 Å². The summed E-state index contributed by atoms with van der Waals surface area (Å²) in [4.78, 5) is 0. The Morgan fingerprint density at radius 1 is 1.13 bits per heavy atom. The van der Waals surface area contributed by atoms with E-state index in [1.807, 2.05) is 0 Å². The summed E-state index contributed by atoms with van der Waals surface area (Å²) in [5.74, 6) is 3.16. The Morgan fingerprint density at radius 2 is 1.74 bits per heavy atom. The van der Waals surface area contributed by atoms with Crippen molar-refractivity contribution in [2.24, 2.45) is 35.5 Å². The number of allylic oxidation sites excluding steroid dienone is 2. The molecule has 1 N–H and O–H groups in total. The second-order valence-corrected chi connectivity index (χ2v) is 14.5. The SMILES string of the molecule is C[C@@H]1[C@@H](O[Si](C)(C)C(C)(C)C)[C@H](C)C[C@H]2C=C[C@@H](C)[C@H](CO)[C@@H]12. The van der Waals surface area contributed by atoms with Crippen molar-refractivity contribution < 1.29 is 9.53 Å². The van der Waals surface area contributed by atoms with Gasteiger partial charge in [0.05, 0.1) is 6.10 Å². The van der Waals surface area contributed by atoms with Gasteiger partial charge < -0.3 is 9.53 Å². The van der Waals surface area contributed by atoms with E-state index in [4.69, 9.17) is 4.43 Å². The van der Waals surface area contributed by atoms with E-state index >= 15 is 0 Å². The number of aliphatic hydroxyl groups excluding tert-OH is 1. The Balaban J connectivity index is 2.25. The van der Waals surface area contributed by atoms with Crippen molar-refractivity contribution in [3.05, 3.63) is 12.2 Å². The number of rotatable bonds is 3. The summed E-state index contributed by atoms with van der Waals surface area (Å²) < 4.78 is 6.88. The Bertz CT molecular complexity index is 437. The fraction of sp³-hybridized carbons (Fsp3) is 0.900. The van der Waals surface area contributed by atoms with Crippen LogP contribution in [0.5, 0.6) is 0 Å². The molecule has 0 aliphatic heterocycles. The summed E-state index contributed by atoms with van der Waals surface area (Å²) in [6, 6.07) is 0. The summed E-state index contributed by atoms with van der Waals surface area (Å²) >= 11 is 0. The first kappa shape index (κ1) is 19.2. The van der Waals surface area contributed by atoms with Gasteiger partial charge in [-0.05, 0) is 60.1 Å². The first-order valence-corrected chi connectivity index (χ1v) is 12.4. The van der Waals surface area contributed by atoms with Gasteiger partial charge in [-0.3, -0.25) is 0 Å². The van der Waals surface area contributed by atoms with E-state index in [1.165, 1.54) is 6.42 Å². The van der Waals surface area contributed by atoms with Crippen molar-refractivity contribution in [3.63, 3.8) is 0 Å². The molecule has 134 valence electrons. The van der Waals surface area contributed by atoms with Gasteiger partial charge in [0.2, 0.25) is 0 Å². The summed E-state index contributed by atoms with van der Waals surface area (Å²) in [7, 11) is -1.76. The largest absolute Gasteiger partial charge is 0.413 e. The standard InChI is InChI=1S/C20H38O2Si/c1-13-9-10-16-11-14(2)19(15(3)18(16)17(13)12-21)22-23(7,8)20(4,5)6/h9-10,13-19,21H,11-12H2,1-8H3/t13-,14-,15+,16-,17+,18+,19+/m1/s1. The van der Waals surface area contributed by atoms with Crippen LogP contribution in [0.2, 0.25) is 18.1 Å². The van der Waals surface area contributed by atoms with Crippen molar-refractivity contribution in [1.82, 2.24) is 0 Å². The Labute approximate surface area is 144 Å². The highest BCUT2D eigenvalue weighted by molar-refractivity contribution is 6.74. The molecular formula is C20H38O2Si. The van der Waals surface area contributed by atoms with Crippen molar-refractivity contribution in [3.8, 4) is 0 Å². The van der Waals surface area contributed by atoms with Gasteiger partial charge in [0.25, 0.3) is 0 Å². The molecule has 0 aromatic carbocycles. The molecule has 7 atom stereocenters. The highest BCUT2D eigenvalue weighted by atomic mass is 28.4. The summed E-state index contributed by atoms with van der Waals surface area (Å²) in [5.41, 5.74) is 0. The van der Waals surface area contributed by atoms with Crippen LogP contribution in [0, 0.1) is 35.5 Å². The van der Waals surface area contributed by atoms with Gasteiger partial charge in [0.15, 0.2) is 8.32 Å². The molecule has 2 aliphatic rings. The van der Waals surface area contributed by atoms with E-state index in [0.29, 0.717) is 48.2 Å². The van der Waals surface area contributed by atoms with E-state index in [9.17, 15) is 5.11 Å². The minimum absolute atomic E-state index is 0.249. The van der Waals surface area contributed by atoms with Gasteiger partial charge in [-0.25, -0.2) is 0 Å². The van der Waals surface area contributed by atoms with Gasteiger partial charge in [-0.1, -0.05) is 53.7 Å². The fourth-order valence-corrected chi connectivity index (χ4v) is 6.08. The maximum atomic E-state index is 9.97. The lowest BCUT2D eigenvalue weighted by atomic mass is 9.58. The second-order valence-electron chi connectivity index (χ2n) is 9.75. The lowest BCUT2D eigenvalue weighted by Crippen LogP contribution is -2.53. The molecule has 0 heterocycles. The van der Waals surface area contributed by atoms with E-state index < -0.39 is 8.32 Å². The normalized spacial score (nSPS) is 41.7. The molecule has 1 fully saturated rings. The Kier molecular flexibility index (Phi) is 5.55. The zero-order chi connectivity index (χ0) is 17.6. The minimum Gasteiger partial charge on any atom is -0.413 e. The molecule has 0 spiro atoms. The quantitative estimate of drug-likeness (QED) is 0.573. The van der Waals surface area contributed by atoms with E-state index in [2.05, 4.69) is 66.8 Å². The van der Waals surface area contributed by atoms with Crippen LogP contribution in [-0.2, 0) is 4.43 Å². The summed E-state index contributed by atoms with van der Waals surface area (Å²) in [6.45, 7) is 19.0. The van der Waals surface area contributed by atoms with Gasteiger partial charge in [-0.15, -0.1) is 0 Å². The maximum absolute atomic E-state index is 9.97. The third kappa shape index (κ3) is 3.62. The van der Waals surface area contributed by atoms with Crippen molar-refractivity contribution in [2.75, 3.05) is 6.61 Å². The molecule has 0 unspecified atom stereocenters. The van der Waals surface area contributed by atoms with Crippen LogP contribution in [0.25, 0.3) is 0 Å². The number of hydrogen-bond donors (Lipinski definition) is 1. The molecule has 1 saturated carbocycles. The Hall–Kier alpha value is -0.123. The van der Waals surface area contributed by atoms with Crippen LogP contribution >= 0.6 is 0 Å². The molecule has 3 heteroatoms. The summed E-state index contributed by atoms with van der Waals surface area (Å²) in [5, 5.41) is 10.2. The average molecular weight is 339 g/mol. The van der Waals surface area contributed by atoms with Crippen LogP contribution in [0.1, 0.15) is 48.0 Å². The molecule has 0 aromatic rings. The van der Waals surface area contributed by atoms with Crippen molar-refractivity contribution >= 4 is 8.32 Å². The molecule has 0 amide bonds. The zero-order valence-corrected chi connectivity index (χ0v) is 17.5. The third-order valence-electron chi connectivity index (χ3n) is 7.10. The molecule has 0 aromatic heterocycles. The lowest BCUT2D eigenvalue weighted by Gasteiger charge is -2.52. The third-order valence-corrected chi connectivity index (χ3v) is 11.6. The van der Waals surface area contributed by atoms with E-state index in [1.54, 1.807) is 0 Å². The first-order chi connectivity index (χ1) is 10.5. The molecule has 0 bridgehead atoms. The van der Waals surface area contributed by atoms with Crippen molar-refractivity contribution in [2.45, 2.75) is 72.2 Å². The van der Waals surface area contributed by atoms with Crippen molar-refractivity contribution in [1.29, 1.82) is 0 Å². The van der Waals surface area contributed by atoms with Crippen LogP contribution < -0.4 is 0 Å². The number of hydrogen-bond acceptors (Lipinski definition) is 2. The second kappa shape index (κ2) is 6.65. The summed E-state index contributed by atoms with van der Waals surface area (Å²) in [6.07, 6.45) is 6.30. The van der Waals surface area contributed by atoms with Crippen LogP contribution in [0.3, 0.4) is 0 Å². The van der Waals surface area contributed by atoms with Gasteiger partial charge in [0.1, 0.15) is 0 Å². The monoisotopic (exact) mass is 338 g/mol. The molecule has 2 rings (SSSR count). The molecule has 2 nitrogen and oxygen atoms in total. The average Bonchev–Trinajstić information content (AvgIpc) is 2.43. The predicted octanol–water partition coefficient (Wildman–Crippen LogP) is 5.10. The zero-order valence-electron chi connectivity index (χ0n) is 16.5. The topological polar surface area (TPSA) is 29.5 Å². The molecule has 0 saturated heterocycles. The predicted molar refractivity (Wildman–Crippen MR) is 101 cm³/mol. The van der Waals surface area contributed by atoms with Crippen LogP contribution in [0.15, 0.2) is 12.2 Å². The molecular weight excluding hydrogens is 300 g/mol. The highest BCUT2D eigenvalue weighted by Crippen LogP contribution is 2.50. The van der Waals surface area contributed by atoms with Gasteiger partial charge >= 0.3 is 0 Å². The van der Waals surface area contributed by atoms with Gasteiger partial charge in [0, 0.05) is 6.61 Å². The Morgan fingerprint density at radius 3 is 2.26 bits per heavy atom. The fourth-order valence-electron chi connectivity index (χ4n) is 4.60. The van der Waals surface area contributed by atoms with Gasteiger partial charge in [-0.2, -0.15) is 0 Å². The van der Waals surface area contributed by atoms with Crippen LogP contribution in [0.4, 0.5) is 0 Å².